The Labute approximate surface area is 127 Å². The number of aromatic nitrogens is 6. The molecule has 0 bridgehead atoms. The van der Waals surface area contributed by atoms with E-state index in [1.165, 1.54) is 0 Å². The monoisotopic (exact) mass is 300 g/mol. The quantitative estimate of drug-likeness (QED) is 0.751. The minimum Gasteiger partial charge on any atom is -0.295 e. The van der Waals surface area contributed by atoms with Gasteiger partial charge in [-0.2, -0.15) is 10.2 Å². The lowest BCUT2D eigenvalue weighted by Gasteiger charge is -2.06. The molecule has 0 radical (unpaired) electrons. The van der Waals surface area contributed by atoms with E-state index >= 15 is 0 Å². The Morgan fingerprint density at radius 3 is 2.95 bits per heavy atom. The third kappa shape index (κ3) is 2.64. The molecule has 0 fully saturated rings. The molecule has 6 nitrogen and oxygen atoms in total. The van der Waals surface area contributed by atoms with Crippen molar-refractivity contribution >= 4 is 12.2 Å². The molecule has 7 heteroatoms. The third-order valence-corrected chi connectivity index (χ3v) is 3.64. The van der Waals surface area contributed by atoms with Gasteiger partial charge in [0.2, 0.25) is 0 Å². The highest BCUT2D eigenvalue weighted by molar-refractivity contribution is 7.71. The first-order chi connectivity index (χ1) is 10.2. The van der Waals surface area contributed by atoms with Crippen molar-refractivity contribution in [2.75, 3.05) is 0 Å². The maximum absolute atomic E-state index is 5.36. The second kappa shape index (κ2) is 5.61. The molecule has 108 valence electrons. The van der Waals surface area contributed by atoms with Gasteiger partial charge in [-0.05, 0) is 30.8 Å². The molecule has 1 N–H and O–H groups in total. The Hall–Kier alpha value is -2.28. The topological polar surface area (TPSA) is 64.3 Å². The second-order valence-corrected chi connectivity index (χ2v) is 5.20. The molecule has 3 aromatic heterocycles. The highest BCUT2D eigenvalue weighted by Crippen LogP contribution is 2.18. The predicted molar refractivity (Wildman–Crippen MR) is 82.3 cm³/mol. The second-order valence-electron chi connectivity index (χ2n) is 4.81. The third-order valence-electron chi connectivity index (χ3n) is 3.33. The Morgan fingerprint density at radius 2 is 2.24 bits per heavy atom. The molecule has 0 aliphatic rings. The number of pyridine rings is 1. The van der Waals surface area contributed by atoms with E-state index in [0.29, 0.717) is 11.3 Å². The van der Waals surface area contributed by atoms with Crippen LogP contribution in [-0.4, -0.2) is 29.5 Å². The number of rotatable bonds is 4. The minimum absolute atomic E-state index is 0.597. The molecule has 0 saturated heterocycles. The summed E-state index contributed by atoms with van der Waals surface area (Å²) in [7, 11) is 1.93. The van der Waals surface area contributed by atoms with Crippen molar-refractivity contribution in [2.24, 2.45) is 7.05 Å². The molecular weight excluding hydrogens is 284 g/mol. The van der Waals surface area contributed by atoms with E-state index in [9.17, 15) is 0 Å². The van der Waals surface area contributed by atoms with Crippen LogP contribution in [0.2, 0.25) is 0 Å². The molecule has 0 spiro atoms. The van der Waals surface area contributed by atoms with Crippen molar-refractivity contribution in [3.05, 3.63) is 46.8 Å². The first kappa shape index (κ1) is 13.7. The van der Waals surface area contributed by atoms with E-state index in [2.05, 4.69) is 27.2 Å². The zero-order valence-corrected chi connectivity index (χ0v) is 12.8. The Kier molecular flexibility index (Phi) is 3.66. The summed E-state index contributed by atoms with van der Waals surface area (Å²) in [6.07, 6.45) is 6.45. The maximum atomic E-state index is 5.36. The number of aromatic amines is 1. The van der Waals surface area contributed by atoms with Gasteiger partial charge in [0.1, 0.15) is 0 Å². The van der Waals surface area contributed by atoms with Gasteiger partial charge < -0.3 is 0 Å². The Bertz CT molecular complexity index is 798. The molecule has 0 amide bonds. The van der Waals surface area contributed by atoms with Crippen LogP contribution in [0.3, 0.4) is 0 Å². The standard InChI is InChI=1S/C14H16N6S/c1-3-12-11(8-19(2)18-12)9-20-13(16-17-14(20)21)10-5-4-6-15-7-10/h4-8H,3,9H2,1-2H3,(H,17,21). The zero-order valence-electron chi connectivity index (χ0n) is 11.9. The van der Waals surface area contributed by atoms with Gasteiger partial charge in [0.15, 0.2) is 10.6 Å². The van der Waals surface area contributed by atoms with E-state index in [1.54, 1.807) is 12.4 Å². The molecular formula is C14H16N6S. The maximum Gasteiger partial charge on any atom is 0.195 e. The number of hydrogen-bond donors (Lipinski definition) is 1. The van der Waals surface area contributed by atoms with E-state index in [-0.39, 0.29) is 0 Å². The normalized spacial score (nSPS) is 11.0. The lowest BCUT2D eigenvalue weighted by atomic mass is 10.2. The van der Waals surface area contributed by atoms with Crippen LogP contribution in [0.5, 0.6) is 0 Å². The average Bonchev–Trinajstić information content (AvgIpc) is 3.04. The highest BCUT2D eigenvalue weighted by atomic mass is 32.1. The van der Waals surface area contributed by atoms with Gasteiger partial charge in [0.05, 0.1) is 12.2 Å². The SMILES string of the molecule is CCc1nn(C)cc1Cn1c(-c2cccnc2)n[nH]c1=S. The van der Waals surface area contributed by atoms with Gasteiger partial charge in [0.25, 0.3) is 0 Å². The Balaban J connectivity index is 2.03. The summed E-state index contributed by atoms with van der Waals surface area (Å²) in [6.45, 7) is 2.75. The molecule has 3 aromatic rings. The first-order valence-corrected chi connectivity index (χ1v) is 7.17. The van der Waals surface area contributed by atoms with Gasteiger partial charge in [-0.15, -0.1) is 0 Å². The van der Waals surface area contributed by atoms with Crippen LogP contribution in [0.25, 0.3) is 11.4 Å². The van der Waals surface area contributed by atoms with Crippen LogP contribution in [-0.2, 0) is 20.0 Å². The summed E-state index contributed by atoms with van der Waals surface area (Å²) in [5.74, 6) is 0.791. The summed E-state index contributed by atoms with van der Waals surface area (Å²) in [5, 5.41) is 11.7. The van der Waals surface area contributed by atoms with Crippen LogP contribution < -0.4 is 0 Å². The summed E-state index contributed by atoms with van der Waals surface area (Å²) < 4.78 is 4.41. The summed E-state index contributed by atoms with van der Waals surface area (Å²) >= 11 is 5.36. The Morgan fingerprint density at radius 1 is 1.38 bits per heavy atom. The molecule has 0 saturated carbocycles. The van der Waals surface area contributed by atoms with Gasteiger partial charge in [0, 0.05) is 36.8 Å². The number of hydrogen-bond acceptors (Lipinski definition) is 4. The molecule has 0 atom stereocenters. The van der Waals surface area contributed by atoms with Crippen molar-refractivity contribution in [3.8, 4) is 11.4 Å². The largest absolute Gasteiger partial charge is 0.295 e. The van der Waals surface area contributed by atoms with Crippen molar-refractivity contribution in [3.63, 3.8) is 0 Å². The van der Waals surface area contributed by atoms with E-state index in [1.807, 2.05) is 34.6 Å². The fourth-order valence-electron chi connectivity index (χ4n) is 2.36. The first-order valence-electron chi connectivity index (χ1n) is 6.76. The number of nitrogens with zero attached hydrogens (tertiary/aromatic N) is 5. The zero-order chi connectivity index (χ0) is 14.8. The van der Waals surface area contributed by atoms with Crippen molar-refractivity contribution in [2.45, 2.75) is 19.9 Å². The average molecular weight is 300 g/mol. The van der Waals surface area contributed by atoms with Gasteiger partial charge in [-0.1, -0.05) is 6.92 Å². The number of aryl methyl sites for hydroxylation is 2. The van der Waals surface area contributed by atoms with Crippen LogP contribution in [0.15, 0.2) is 30.7 Å². The summed E-state index contributed by atoms with van der Waals surface area (Å²) in [6, 6.07) is 3.86. The highest BCUT2D eigenvalue weighted by Gasteiger charge is 2.12. The minimum atomic E-state index is 0.597. The van der Waals surface area contributed by atoms with Gasteiger partial charge in [-0.3, -0.25) is 19.3 Å². The number of H-pyrrole nitrogens is 1. The molecule has 3 rings (SSSR count). The number of nitrogens with one attached hydrogen (secondary N) is 1. The smallest absolute Gasteiger partial charge is 0.195 e. The molecule has 0 aliphatic carbocycles. The lowest BCUT2D eigenvalue weighted by Crippen LogP contribution is -2.04. The van der Waals surface area contributed by atoms with Crippen molar-refractivity contribution < 1.29 is 0 Å². The molecule has 21 heavy (non-hydrogen) atoms. The molecule has 0 aromatic carbocycles. The molecule has 3 heterocycles. The van der Waals surface area contributed by atoms with Crippen molar-refractivity contribution in [1.82, 2.24) is 29.5 Å². The molecule has 0 unspecified atom stereocenters. The van der Waals surface area contributed by atoms with Crippen LogP contribution in [0.4, 0.5) is 0 Å². The predicted octanol–water partition coefficient (Wildman–Crippen LogP) is 2.35. The summed E-state index contributed by atoms with van der Waals surface area (Å²) in [4.78, 5) is 4.14. The molecule has 0 aliphatic heterocycles. The van der Waals surface area contributed by atoms with Crippen LogP contribution >= 0.6 is 12.2 Å². The summed E-state index contributed by atoms with van der Waals surface area (Å²) in [5.41, 5.74) is 3.17. The fraction of sp³-hybridized carbons (Fsp3) is 0.286. The fourth-order valence-corrected chi connectivity index (χ4v) is 2.56. The van der Waals surface area contributed by atoms with E-state index in [0.717, 1.165) is 29.1 Å². The lowest BCUT2D eigenvalue weighted by molar-refractivity contribution is 0.746. The van der Waals surface area contributed by atoms with Crippen LogP contribution in [0, 0.1) is 4.77 Å². The van der Waals surface area contributed by atoms with E-state index in [4.69, 9.17) is 12.2 Å². The van der Waals surface area contributed by atoms with Crippen molar-refractivity contribution in [1.29, 1.82) is 0 Å². The van der Waals surface area contributed by atoms with Gasteiger partial charge in [-0.25, -0.2) is 0 Å². The van der Waals surface area contributed by atoms with Crippen LogP contribution in [0.1, 0.15) is 18.2 Å². The van der Waals surface area contributed by atoms with E-state index < -0.39 is 0 Å². The van der Waals surface area contributed by atoms with Gasteiger partial charge >= 0.3 is 0 Å².